The van der Waals surface area contributed by atoms with E-state index in [1.807, 2.05) is 29.3 Å². The van der Waals surface area contributed by atoms with Crippen LogP contribution in [0.1, 0.15) is 0 Å². The summed E-state index contributed by atoms with van der Waals surface area (Å²) in [5.74, 6) is 1.21. The number of carbonyl (C=O) groups excluding carboxylic acids is 1. The molecule has 0 N–H and O–H groups in total. The number of rotatable bonds is 4. The summed E-state index contributed by atoms with van der Waals surface area (Å²) < 4.78 is 1.81. The summed E-state index contributed by atoms with van der Waals surface area (Å²) in [6, 6.07) is 14.5. The molecule has 2 aliphatic heterocycles. The lowest BCUT2D eigenvalue weighted by Gasteiger charge is -2.38. The number of aromatic nitrogens is 3. The first-order valence-electron chi connectivity index (χ1n) is 10.6. The molecule has 4 heterocycles. The Balaban J connectivity index is 1.10. The molecule has 2 aliphatic rings. The van der Waals surface area contributed by atoms with Gasteiger partial charge in [-0.25, -0.2) is 9.50 Å². The van der Waals surface area contributed by atoms with Crippen molar-refractivity contribution in [3.8, 4) is 0 Å². The zero-order valence-corrected chi connectivity index (χ0v) is 17.1. The predicted octanol–water partition coefficient (Wildman–Crippen LogP) is 1.20. The molecule has 0 bridgehead atoms. The van der Waals surface area contributed by atoms with Crippen LogP contribution >= 0.6 is 0 Å². The summed E-state index contributed by atoms with van der Waals surface area (Å²) in [6.07, 6.45) is 3.63. The van der Waals surface area contributed by atoms with E-state index in [2.05, 4.69) is 49.0 Å². The lowest BCUT2D eigenvalue weighted by atomic mass is 10.2. The van der Waals surface area contributed by atoms with E-state index in [1.54, 1.807) is 10.7 Å². The lowest BCUT2D eigenvalue weighted by molar-refractivity contribution is -0.132. The van der Waals surface area contributed by atoms with Crippen LogP contribution in [0.4, 0.5) is 11.5 Å². The van der Waals surface area contributed by atoms with E-state index in [4.69, 9.17) is 0 Å². The van der Waals surface area contributed by atoms with Crippen molar-refractivity contribution in [2.24, 2.45) is 0 Å². The number of amides is 1. The Hall–Kier alpha value is -3.13. The Kier molecular flexibility index (Phi) is 5.23. The Morgan fingerprint density at radius 3 is 2.33 bits per heavy atom. The zero-order valence-electron chi connectivity index (χ0n) is 17.1. The first kappa shape index (κ1) is 18.9. The number of imidazole rings is 1. The summed E-state index contributed by atoms with van der Waals surface area (Å²) in [7, 11) is 0. The van der Waals surface area contributed by atoms with Crippen molar-refractivity contribution in [1.82, 2.24) is 24.4 Å². The molecule has 5 rings (SSSR count). The maximum atomic E-state index is 12.8. The van der Waals surface area contributed by atoms with Gasteiger partial charge in [-0.1, -0.05) is 18.2 Å². The van der Waals surface area contributed by atoms with Crippen LogP contribution in [0.2, 0.25) is 0 Å². The maximum Gasteiger partial charge on any atom is 0.236 e. The number of hydrogen-bond donors (Lipinski definition) is 0. The Labute approximate surface area is 176 Å². The molecule has 156 valence electrons. The van der Waals surface area contributed by atoms with Crippen molar-refractivity contribution in [3.63, 3.8) is 0 Å². The number of benzene rings is 1. The molecular weight excluding hydrogens is 378 g/mol. The van der Waals surface area contributed by atoms with Crippen molar-refractivity contribution in [3.05, 3.63) is 54.9 Å². The summed E-state index contributed by atoms with van der Waals surface area (Å²) in [5.41, 5.74) is 2.10. The summed E-state index contributed by atoms with van der Waals surface area (Å²) in [5, 5.41) is 4.63. The molecule has 8 nitrogen and oxygen atoms in total. The third-order valence-electron chi connectivity index (χ3n) is 6.05. The highest BCUT2D eigenvalue weighted by molar-refractivity contribution is 5.78. The van der Waals surface area contributed by atoms with Crippen LogP contribution in [0.3, 0.4) is 0 Å². The third-order valence-corrected chi connectivity index (χ3v) is 6.05. The summed E-state index contributed by atoms with van der Waals surface area (Å²) in [6.45, 7) is 7.39. The van der Waals surface area contributed by atoms with Gasteiger partial charge in [0.1, 0.15) is 5.82 Å². The minimum Gasteiger partial charge on any atom is -0.368 e. The van der Waals surface area contributed by atoms with Crippen LogP contribution in [-0.2, 0) is 4.79 Å². The number of nitrogens with zero attached hydrogens (tertiary/aromatic N) is 7. The highest BCUT2D eigenvalue weighted by atomic mass is 16.2. The molecule has 1 aromatic carbocycles. The molecular formula is C22H27N7O. The van der Waals surface area contributed by atoms with E-state index >= 15 is 0 Å². The number of fused-ring (bicyclic) bond motifs is 1. The van der Waals surface area contributed by atoms with Gasteiger partial charge in [0.15, 0.2) is 5.65 Å². The molecule has 0 aliphatic carbocycles. The highest BCUT2D eigenvalue weighted by Gasteiger charge is 2.25. The number of carbonyl (C=O) groups is 1. The number of hydrogen-bond acceptors (Lipinski definition) is 6. The first-order valence-corrected chi connectivity index (χ1v) is 10.6. The van der Waals surface area contributed by atoms with Crippen LogP contribution in [0.15, 0.2) is 54.9 Å². The first-order chi connectivity index (χ1) is 14.8. The summed E-state index contributed by atoms with van der Waals surface area (Å²) in [4.78, 5) is 26.0. The largest absolute Gasteiger partial charge is 0.368 e. The second-order valence-electron chi connectivity index (χ2n) is 7.89. The molecule has 2 aromatic heterocycles. The van der Waals surface area contributed by atoms with Gasteiger partial charge in [0.05, 0.1) is 6.54 Å². The van der Waals surface area contributed by atoms with Gasteiger partial charge in [-0.15, -0.1) is 5.10 Å². The van der Waals surface area contributed by atoms with E-state index in [9.17, 15) is 4.79 Å². The third kappa shape index (κ3) is 3.95. The molecule has 3 aromatic rings. The van der Waals surface area contributed by atoms with Crippen LogP contribution < -0.4 is 9.80 Å². The Morgan fingerprint density at radius 2 is 1.57 bits per heavy atom. The van der Waals surface area contributed by atoms with Gasteiger partial charge < -0.3 is 14.7 Å². The molecule has 8 heteroatoms. The Bertz CT molecular complexity index is 989. The monoisotopic (exact) mass is 405 g/mol. The van der Waals surface area contributed by atoms with E-state index < -0.39 is 0 Å². The molecule has 2 saturated heterocycles. The van der Waals surface area contributed by atoms with Gasteiger partial charge in [0.25, 0.3) is 0 Å². The molecule has 0 atom stereocenters. The van der Waals surface area contributed by atoms with E-state index in [-0.39, 0.29) is 5.91 Å². The minimum atomic E-state index is 0.245. The van der Waals surface area contributed by atoms with Gasteiger partial charge in [-0.2, -0.15) is 0 Å². The SMILES string of the molecule is O=C(CN1CCN(c2ccc3nccn3n2)CC1)N1CCN(c2ccccc2)CC1. The van der Waals surface area contributed by atoms with Crippen molar-refractivity contribution in [2.45, 2.75) is 0 Å². The fourth-order valence-corrected chi connectivity index (χ4v) is 4.25. The van der Waals surface area contributed by atoms with E-state index in [1.165, 1.54) is 5.69 Å². The molecule has 30 heavy (non-hydrogen) atoms. The van der Waals surface area contributed by atoms with E-state index in [0.29, 0.717) is 6.54 Å². The molecule has 0 spiro atoms. The maximum absolute atomic E-state index is 12.8. The average Bonchev–Trinajstić information content (AvgIpc) is 3.28. The number of anilines is 2. The molecule has 0 saturated carbocycles. The molecule has 0 unspecified atom stereocenters. The quantitative estimate of drug-likeness (QED) is 0.650. The van der Waals surface area contributed by atoms with Gasteiger partial charge >= 0.3 is 0 Å². The smallest absolute Gasteiger partial charge is 0.236 e. The standard InChI is InChI=1S/C22H27N7O/c30-22(28-16-14-26(15-17-28)19-4-2-1-3-5-19)18-25-10-12-27(13-11-25)21-7-6-20-23-8-9-29(20)24-21/h1-9H,10-18H2. The zero-order chi connectivity index (χ0) is 20.3. The van der Waals surface area contributed by atoms with Crippen LogP contribution in [0.25, 0.3) is 5.65 Å². The van der Waals surface area contributed by atoms with Gasteiger partial charge in [-0.3, -0.25) is 9.69 Å². The van der Waals surface area contributed by atoms with E-state index in [0.717, 1.165) is 63.8 Å². The summed E-state index contributed by atoms with van der Waals surface area (Å²) >= 11 is 0. The van der Waals surface area contributed by atoms with Crippen molar-refractivity contribution >= 4 is 23.1 Å². The highest BCUT2D eigenvalue weighted by Crippen LogP contribution is 2.17. The minimum absolute atomic E-state index is 0.245. The van der Waals surface area contributed by atoms with Gasteiger partial charge in [0, 0.05) is 70.4 Å². The molecule has 0 radical (unpaired) electrons. The average molecular weight is 406 g/mol. The molecule has 1 amide bonds. The Morgan fingerprint density at radius 1 is 0.833 bits per heavy atom. The second-order valence-corrected chi connectivity index (χ2v) is 7.89. The van der Waals surface area contributed by atoms with Crippen molar-refractivity contribution in [2.75, 3.05) is 68.7 Å². The lowest BCUT2D eigenvalue weighted by Crippen LogP contribution is -2.54. The molecule has 2 fully saturated rings. The fourth-order valence-electron chi connectivity index (χ4n) is 4.25. The van der Waals surface area contributed by atoms with Crippen LogP contribution in [0.5, 0.6) is 0 Å². The normalized spacial score (nSPS) is 18.2. The van der Waals surface area contributed by atoms with Gasteiger partial charge in [0.2, 0.25) is 5.91 Å². The second kappa shape index (κ2) is 8.31. The van der Waals surface area contributed by atoms with Crippen LogP contribution in [0, 0.1) is 0 Å². The van der Waals surface area contributed by atoms with Gasteiger partial charge in [-0.05, 0) is 24.3 Å². The fraction of sp³-hybridized carbons (Fsp3) is 0.409. The number of piperazine rings is 2. The number of para-hydroxylation sites is 1. The topological polar surface area (TPSA) is 60.2 Å². The van der Waals surface area contributed by atoms with Crippen molar-refractivity contribution in [1.29, 1.82) is 0 Å². The van der Waals surface area contributed by atoms with Crippen LogP contribution in [-0.4, -0.2) is 89.2 Å². The van der Waals surface area contributed by atoms with Crippen molar-refractivity contribution < 1.29 is 4.79 Å². The predicted molar refractivity (Wildman–Crippen MR) is 117 cm³/mol.